The van der Waals surface area contributed by atoms with E-state index >= 15 is 0 Å². The molecule has 5 nitrogen and oxygen atoms in total. The molecule has 0 aliphatic heterocycles. The number of aromatic nitrogens is 1. The van der Waals surface area contributed by atoms with Gasteiger partial charge in [-0.25, -0.2) is 9.38 Å². The highest BCUT2D eigenvalue weighted by Crippen LogP contribution is 2.18. The number of aliphatic imine (C=N–C) groups is 1. The molecule has 26 heavy (non-hydrogen) atoms. The summed E-state index contributed by atoms with van der Waals surface area (Å²) < 4.78 is 19.3. The topological polar surface area (TPSA) is 58.5 Å². The number of benzene rings is 1. The average Bonchev–Trinajstić information content (AvgIpc) is 2.64. The minimum Gasteiger partial charge on any atom is -0.489 e. The lowest BCUT2D eigenvalue weighted by Crippen LogP contribution is -2.37. The van der Waals surface area contributed by atoms with Crippen molar-refractivity contribution in [2.45, 2.75) is 20.0 Å². The number of para-hydroxylation sites is 1. The van der Waals surface area contributed by atoms with Crippen LogP contribution in [0, 0.1) is 5.82 Å². The first-order valence-electron chi connectivity index (χ1n) is 8.17. The van der Waals surface area contributed by atoms with Gasteiger partial charge in [0.25, 0.3) is 0 Å². The van der Waals surface area contributed by atoms with Crippen LogP contribution < -0.4 is 15.4 Å². The van der Waals surface area contributed by atoms with E-state index in [2.05, 4.69) is 27.2 Å². The predicted molar refractivity (Wildman–Crippen MR) is 113 cm³/mol. The van der Waals surface area contributed by atoms with Crippen molar-refractivity contribution in [3.05, 3.63) is 72.3 Å². The number of guanidine groups is 1. The molecule has 1 aromatic heterocycles. The number of nitrogens with zero attached hydrogens (tertiary/aromatic N) is 2. The van der Waals surface area contributed by atoms with Gasteiger partial charge in [-0.3, -0.25) is 4.98 Å². The lowest BCUT2D eigenvalue weighted by atomic mass is 10.2. The molecule has 1 aromatic carbocycles. The highest BCUT2D eigenvalue weighted by atomic mass is 127. The van der Waals surface area contributed by atoms with Gasteiger partial charge in [0.05, 0.1) is 18.8 Å². The Bertz CT molecular complexity index is 724. The molecule has 140 valence electrons. The Balaban J connectivity index is 0.00000338. The smallest absolute Gasteiger partial charge is 0.191 e. The van der Waals surface area contributed by atoms with Gasteiger partial charge >= 0.3 is 0 Å². The van der Waals surface area contributed by atoms with E-state index in [1.165, 1.54) is 6.07 Å². The van der Waals surface area contributed by atoms with Crippen LogP contribution in [0.15, 0.2) is 60.2 Å². The van der Waals surface area contributed by atoms with E-state index in [0.29, 0.717) is 31.3 Å². The minimum absolute atomic E-state index is 0. The highest BCUT2D eigenvalue weighted by molar-refractivity contribution is 14.0. The SMILES string of the molecule is C=CCOc1ccccc1CN=C(NCC)NCc1ncccc1F.I. The zero-order valence-corrected chi connectivity index (χ0v) is 17.1. The Kier molecular flexibility index (Phi) is 10.3. The molecule has 0 aliphatic rings. The van der Waals surface area contributed by atoms with Gasteiger partial charge in [0.1, 0.15) is 18.2 Å². The van der Waals surface area contributed by atoms with Crippen LogP contribution in [0.4, 0.5) is 4.39 Å². The quantitative estimate of drug-likeness (QED) is 0.268. The largest absolute Gasteiger partial charge is 0.489 e. The minimum atomic E-state index is -0.339. The molecule has 0 spiro atoms. The monoisotopic (exact) mass is 470 g/mol. The van der Waals surface area contributed by atoms with Crippen molar-refractivity contribution >= 4 is 29.9 Å². The molecule has 0 amide bonds. The van der Waals surface area contributed by atoms with E-state index in [-0.39, 0.29) is 36.3 Å². The second-order valence-electron chi connectivity index (χ2n) is 5.19. The summed E-state index contributed by atoms with van der Waals surface area (Å²) in [6.07, 6.45) is 3.27. The normalized spacial score (nSPS) is 10.6. The maximum Gasteiger partial charge on any atom is 0.191 e. The van der Waals surface area contributed by atoms with Gasteiger partial charge in [-0.2, -0.15) is 0 Å². The molecular formula is C19H24FIN4O. The zero-order chi connectivity index (χ0) is 17.9. The molecule has 0 bridgehead atoms. The number of hydrogen-bond acceptors (Lipinski definition) is 3. The summed E-state index contributed by atoms with van der Waals surface area (Å²) in [5, 5.41) is 6.23. The zero-order valence-electron chi connectivity index (χ0n) is 14.7. The molecule has 0 fully saturated rings. The van der Waals surface area contributed by atoms with Crippen molar-refractivity contribution in [1.82, 2.24) is 15.6 Å². The molecule has 0 saturated heterocycles. The lowest BCUT2D eigenvalue weighted by Gasteiger charge is -2.12. The third-order valence-corrected chi connectivity index (χ3v) is 3.34. The Labute approximate surface area is 170 Å². The fraction of sp³-hybridized carbons (Fsp3) is 0.263. The predicted octanol–water partition coefficient (Wildman–Crippen LogP) is 3.66. The third-order valence-electron chi connectivity index (χ3n) is 3.34. The number of rotatable bonds is 8. The van der Waals surface area contributed by atoms with Crippen LogP contribution in [-0.4, -0.2) is 24.1 Å². The van der Waals surface area contributed by atoms with Crippen LogP contribution >= 0.6 is 24.0 Å². The highest BCUT2D eigenvalue weighted by Gasteiger charge is 2.05. The van der Waals surface area contributed by atoms with Crippen molar-refractivity contribution < 1.29 is 9.13 Å². The van der Waals surface area contributed by atoms with E-state index in [1.54, 1.807) is 18.3 Å². The maximum absolute atomic E-state index is 13.7. The van der Waals surface area contributed by atoms with E-state index in [9.17, 15) is 4.39 Å². The standard InChI is InChI=1S/C19H23FN4O.HI/c1-3-12-25-18-10-6-5-8-15(18)13-23-19(21-4-2)24-14-17-16(20)9-7-11-22-17;/h3,5-11H,1,4,12-14H2,2H3,(H2,21,23,24);1H. The first-order chi connectivity index (χ1) is 12.2. The number of ether oxygens (including phenoxy) is 1. The van der Waals surface area contributed by atoms with Crippen molar-refractivity contribution in [2.75, 3.05) is 13.2 Å². The van der Waals surface area contributed by atoms with Crippen molar-refractivity contribution in [2.24, 2.45) is 4.99 Å². The molecule has 2 aromatic rings. The van der Waals surface area contributed by atoms with Gasteiger partial charge in [0.15, 0.2) is 5.96 Å². The molecular weight excluding hydrogens is 446 g/mol. The van der Waals surface area contributed by atoms with Gasteiger partial charge in [-0.1, -0.05) is 30.9 Å². The van der Waals surface area contributed by atoms with Gasteiger partial charge in [-0.05, 0) is 25.1 Å². The van der Waals surface area contributed by atoms with Crippen LogP contribution in [0.2, 0.25) is 0 Å². The number of pyridine rings is 1. The fourth-order valence-electron chi connectivity index (χ4n) is 2.15. The summed E-state index contributed by atoms with van der Waals surface area (Å²) in [6, 6.07) is 10.7. The van der Waals surface area contributed by atoms with E-state index in [4.69, 9.17) is 4.74 Å². The van der Waals surface area contributed by atoms with Crippen LogP contribution in [0.1, 0.15) is 18.2 Å². The molecule has 0 radical (unpaired) electrons. The van der Waals surface area contributed by atoms with Crippen molar-refractivity contribution in [3.63, 3.8) is 0 Å². The summed E-state index contributed by atoms with van der Waals surface area (Å²) in [7, 11) is 0. The van der Waals surface area contributed by atoms with E-state index in [1.807, 2.05) is 31.2 Å². The first-order valence-corrected chi connectivity index (χ1v) is 8.17. The summed E-state index contributed by atoms with van der Waals surface area (Å²) in [5.41, 5.74) is 1.31. The Hall–Kier alpha value is -2.16. The molecule has 2 N–H and O–H groups in total. The molecule has 1 heterocycles. The first kappa shape index (κ1) is 21.9. The summed E-state index contributed by atoms with van der Waals surface area (Å²) >= 11 is 0. The summed E-state index contributed by atoms with van der Waals surface area (Å²) in [6.45, 7) is 7.46. The van der Waals surface area contributed by atoms with Gasteiger partial charge in [-0.15, -0.1) is 24.0 Å². The second-order valence-corrected chi connectivity index (χ2v) is 5.19. The maximum atomic E-state index is 13.7. The molecule has 0 unspecified atom stereocenters. The average molecular weight is 470 g/mol. The van der Waals surface area contributed by atoms with Crippen LogP contribution in [0.5, 0.6) is 5.75 Å². The van der Waals surface area contributed by atoms with Gasteiger partial charge in [0, 0.05) is 18.3 Å². The van der Waals surface area contributed by atoms with Gasteiger partial charge in [0.2, 0.25) is 0 Å². The third kappa shape index (κ3) is 6.99. The van der Waals surface area contributed by atoms with Crippen LogP contribution in [0.25, 0.3) is 0 Å². The van der Waals surface area contributed by atoms with Gasteiger partial charge < -0.3 is 15.4 Å². The second kappa shape index (κ2) is 12.2. The summed E-state index contributed by atoms with van der Waals surface area (Å²) in [4.78, 5) is 8.56. The van der Waals surface area contributed by atoms with E-state index in [0.717, 1.165) is 11.3 Å². The summed E-state index contributed by atoms with van der Waals surface area (Å²) in [5.74, 6) is 1.03. The van der Waals surface area contributed by atoms with E-state index < -0.39 is 0 Å². The Morgan fingerprint density at radius 3 is 2.81 bits per heavy atom. The molecule has 0 saturated carbocycles. The van der Waals surface area contributed by atoms with Crippen molar-refractivity contribution in [1.29, 1.82) is 0 Å². The number of halogens is 2. The van der Waals surface area contributed by atoms with Crippen LogP contribution in [0.3, 0.4) is 0 Å². The molecule has 7 heteroatoms. The Morgan fingerprint density at radius 1 is 1.27 bits per heavy atom. The molecule has 0 atom stereocenters. The molecule has 2 rings (SSSR count). The number of hydrogen-bond donors (Lipinski definition) is 2. The fourth-order valence-corrected chi connectivity index (χ4v) is 2.15. The Morgan fingerprint density at radius 2 is 2.08 bits per heavy atom. The molecule has 0 aliphatic carbocycles. The van der Waals surface area contributed by atoms with Crippen molar-refractivity contribution in [3.8, 4) is 5.75 Å². The lowest BCUT2D eigenvalue weighted by molar-refractivity contribution is 0.359. The number of nitrogens with one attached hydrogen (secondary N) is 2. The van der Waals surface area contributed by atoms with Crippen LogP contribution in [-0.2, 0) is 13.1 Å².